The van der Waals surface area contributed by atoms with Crippen LogP contribution in [0.5, 0.6) is 0 Å². The van der Waals surface area contributed by atoms with Gasteiger partial charge >= 0.3 is 5.97 Å². The van der Waals surface area contributed by atoms with Gasteiger partial charge in [-0.05, 0) is 19.1 Å². The fourth-order valence-corrected chi connectivity index (χ4v) is 1.11. The van der Waals surface area contributed by atoms with Crippen LogP contribution in [0, 0.1) is 0 Å². The first-order valence-electron chi connectivity index (χ1n) is 4.25. The molecule has 1 aromatic rings. The largest absolute Gasteiger partial charge is 0.461 e. The summed E-state index contributed by atoms with van der Waals surface area (Å²) >= 11 is 0. The van der Waals surface area contributed by atoms with Crippen LogP contribution in [0.3, 0.4) is 0 Å². The molecule has 0 aliphatic carbocycles. The molecule has 0 aliphatic rings. The third-order valence-electron chi connectivity index (χ3n) is 1.65. The van der Waals surface area contributed by atoms with Crippen LogP contribution in [0.4, 0.5) is 8.78 Å². The predicted molar refractivity (Wildman–Crippen MR) is 46.4 cm³/mol. The van der Waals surface area contributed by atoms with Crippen molar-refractivity contribution < 1.29 is 18.3 Å². The number of hydrogen-bond donors (Lipinski definition) is 0. The van der Waals surface area contributed by atoms with Crippen LogP contribution in [0.25, 0.3) is 0 Å². The molecule has 0 amide bonds. The molecule has 0 saturated heterocycles. The first kappa shape index (κ1) is 10.7. The van der Waals surface area contributed by atoms with Gasteiger partial charge in [0.25, 0.3) is 6.43 Å². The van der Waals surface area contributed by atoms with Crippen molar-refractivity contribution in [2.45, 2.75) is 19.9 Å². The summed E-state index contributed by atoms with van der Waals surface area (Å²) in [5.74, 6) is -0.571. The second-order valence-electron chi connectivity index (χ2n) is 2.66. The van der Waals surface area contributed by atoms with E-state index in [1.165, 1.54) is 22.9 Å². The monoisotopic (exact) mass is 203 g/mol. The molecular formula is C9H11F2NO2. The van der Waals surface area contributed by atoms with E-state index in [0.29, 0.717) is 0 Å². The van der Waals surface area contributed by atoms with Gasteiger partial charge in [-0.2, -0.15) is 0 Å². The van der Waals surface area contributed by atoms with Gasteiger partial charge in [-0.3, -0.25) is 0 Å². The van der Waals surface area contributed by atoms with Crippen LogP contribution in [-0.4, -0.2) is 23.6 Å². The highest BCUT2D eigenvalue weighted by atomic mass is 19.3. The maximum atomic E-state index is 12.1. The molecule has 0 bridgehead atoms. The lowest BCUT2D eigenvalue weighted by atomic mass is 10.4. The lowest BCUT2D eigenvalue weighted by Crippen LogP contribution is -2.14. The van der Waals surface area contributed by atoms with Gasteiger partial charge in [0.05, 0.1) is 13.2 Å². The summed E-state index contributed by atoms with van der Waals surface area (Å²) in [5.41, 5.74) is 0.159. The van der Waals surface area contributed by atoms with Crippen molar-refractivity contribution in [1.29, 1.82) is 0 Å². The third kappa shape index (κ3) is 2.55. The summed E-state index contributed by atoms with van der Waals surface area (Å²) < 4.78 is 30.0. The quantitative estimate of drug-likeness (QED) is 0.700. The van der Waals surface area contributed by atoms with Crippen molar-refractivity contribution in [1.82, 2.24) is 4.57 Å². The highest BCUT2D eigenvalue weighted by Crippen LogP contribution is 2.07. The molecule has 14 heavy (non-hydrogen) atoms. The van der Waals surface area contributed by atoms with Gasteiger partial charge in [-0.1, -0.05) is 0 Å². The van der Waals surface area contributed by atoms with Crippen molar-refractivity contribution in [3.05, 3.63) is 24.0 Å². The maximum absolute atomic E-state index is 12.1. The minimum absolute atomic E-state index is 0.159. The first-order valence-corrected chi connectivity index (χ1v) is 4.25. The Morgan fingerprint density at radius 3 is 2.93 bits per heavy atom. The average Bonchev–Trinajstić information content (AvgIpc) is 2.51. The number of halogens is 2. The van der Waals surface area contributed by atoms with Crippen LogP contribution >= 0.6 is 0 Å². The van der Waals surface area contributed by atoms with Gasteiger partial charge in [-0.25, -0.2) is 13.6 Å². The SMILES string of the molecule is CCOC(=O)c1cccn1CC(F)F. The minimum Gasteiger partial charge on any atom is -0.461 e. The Morgan fingerprint density at radius 1 is 1.64 bits per heavy atom. The second kappa shape index (κ2) is 4.74. The molecule has 0 atom stereocenters. The molecule has 0 saturated carbocycles. The van der Waals surface area contributed by atoms with Crippen molar-refractivity contribution in [2.75, 3.05) is 6.61 Å². The molecule has 78 valence electrons. The van der Waals surface area contributed by atoms with E-state index in [0.717, 1.165) is 0 Å². The molecule has 0 unspecified atom stereocenters. The summed E-state index contributed by atoms with van der Waals surface area (Å²) in [5, 5.41) is 0. The normalized spacial score (nSPS) is 10.6. The molecule has 0 aromatic carbocycles. The number of aromatic nitrogens is 1. The summed E-state index contributed by atoms with van der Waals surface area (Å²) in [6.07, 6.45) is -1.05. The molecule has 1 heterocycles. The van der Waals surface area contributed by atoms with Crippen molar-refractivity contribution in [3.63, 3.8) is 0 Å². The number of nitrogens with zero attached hydrogens (tertiary/aromatic N) is 1. The molecule has 0 N–H and O–H groups in total. The Labute approximate surface area is 80.3 Å². The molecule has 5 heteroatoms. The summed E-state index contributed by atoms with van der Waals surface area (Å²) in [7, 11) is 0. The fraction of sp³-hybridized carbons (Fsp3) is 0.444. The Hall–Kier alpha value is -1.39. The Bertz CT molecular complexity index is 310. The number of carbonyl (C=O) groups is 1. The van der Waals surface area contributed by atoms with Gasteiger partial charge in [0, 0.05) is 6.20 Å². The Balaban J connectivity index is 2.76. The van der Waals surface area contributed by atoms with Crippen LogP contribution in [-0.2, 0) is 11.3 Å². The molecule has 1 aromatic heterocycles. The third-order valence-corrected chi connectivity index (χ3v) is 1.65. The molecule has 1 rings (SSSR count). The molecule has 0 radical (unpaired) electrons. The Kier molecular flexibility index (Phi) is 3.62. The highest BCUT2D eigenvalue weighted by molar-refractivity contribution is 5.87. The number of rotatable bonds is 4. The summed E-state index contributed by atoms with van der Waals surface area (Å²) in [4.78, 5) is 11.2. The van der Waals surface area contributed by atoms with Gasteiger partial charge < -0.3 is 9.30 Å². The zero-order chi connectivity index (χ0) is 10.6. The van der Waals surface area contributed by atoms with E-state index in [4.69, 9.17) is 4.74 Å². The molecule has 0 fully saturated rings. The number of alkyl halides is 2. The zero-order valence-corrected chi connectivity index (χ0v) is 7.74. The molecule has 3 nitrogen and oxygen atoms in total. The van der Waals surface area contributed by atoms with Gasteiger partial charge in [0.2, 0.25) is 0 Å². The van der Waals surface area contributed by atoms with E-state index in [-0.39, 0.29) is 12.3 Å². The van der Waals surface area contributed by atoms with E-state index >= 15 is 0 Å². The van der Waals surface area contributed by atoms with Crippen LogP contribution in [0.2, 0.25) is 0 Å². The number of ether oxygens (including phenoxy) is 1. The average molecular weight is 203 g/mol. The van der Waals surface area contributed by atoms with E-state index in [1.807, 2.05) is 0 Å². The number of carbonyl (C=O) groups excluding carboxylic acids is 1. The zero-order valence-electron chi connectivity index (χ0n) is 7.74. The number of hydrogen-bond acceptors (Lipinski definition) is 2. The molecule has 0 spiro atoms. The lowest BCUT2D eigenvalue weighted by molar-refractivity contribution is 0.0506. The van der Waals surface area contributed by atoms with Crippen molar-refractivity contribution >= 4 is 5.97 Å². The second-order valence-corrected chi connectivity index (χ2v) is 2.66. The predicted octanol–water partition coefficient (Wildman–Crippen LogP) is 1.93. The van der Waals surface area contributed by atoms with E-state index in [1.54, 1.807) is 6.92 Å². The van der Waals surface area contributed by atoms with Crippen LogP contribution < -0.4 is 0 Å². The van der Waals surface area contributed by atoms with Gasteiger partial charge in [-0.15, -0.1) is 0 Å². The van der Waals surface area contributed by atoms with Crippen LogP contribution in [0.15, 0.2) is 18.3 Å². The van der Waals surface area contributed by atoms with Crippen molar-refractivity contribution in [2.24, 2.45) is 0 Å². The van der Waals surface area contributed by atoms with E-state index in [2.05, 4.69) is 0 Å². The van der Waals surface area contributed by atoms with E-state index in [9.17, 15) is 13.6 Å². The lowest BCUT2D eigenvalue weighted by Gasteiger charge is -2.07. The van der Waals surface area contributed by atoms with Gasteiger partial charge in [0.15, 0.2) is 0 Å². The Morgan fingerprint density at radius 2 is 2.36 bits per heavy atom. The first-order chi connectivity index (χ1) is 6.65. The molecular weight excluding hydrogens is 192 g/mol. The summed E-state index contributed by atoms with van der Waals surface area (Å²) in [6.45, 7) is 1.41. The number of esters is 1. The van der Waals surface area contributed by atoms with Crippen molar-refractivity contribution in [3.8, 4) is 0 Å². The smallest absolute Gasteiger partial charge is 0.354 e. The topological polar surface area (TPSA) is 31.2 Å². The summed E-state index contributed by atoms with van der Waals surface area (Å²) in [6, 6.07) is 3.00. The standard InChI is InChI=1S/C9H11F2NO2/c1-2-14-9(13)7-4-3-5-12(7)6-8(10)11/h3-5,8H,2,6H2,1H3. The fourth-order valence-electron chi connectivity index (χ4n) is 1.11. The van der Waals surface area contributed by atoms with E-state index < -0.39 is 18.9 Å². The van der Waals surface area contributed by atoms with Gasteiger partial charge in [0.1, 0.15) is 5.69 Å². The molecule has 0 aliphatic heterocycles. The maximum Gasteiger partial charge on any atom is 0.354 e. The van der Waals surface area contributed by atoms with Crippen LogP contribution in [0.1, 0.15) is 17.4 Å². The minimum atomic E-state index is -2.48. The highest BCUT2D eigenvalue weighted by Gasteiger charge is 2.14.